The molecule has 0 aliphatic heterocycles. The van der Waals surface area contributed by atoms with Crippen LogP contribution in [-0.2, 0) is 10.0 Å². The van der Waals surface area contributed by atoms with E-state index < -0.39 is 15.8 Å². The Morgan fingerprint density at radius 2 is 1.70 bits per heavy atom. The number of nitrogens with zero attached hydrogens (tertiary/aromatic N) is 1. The Morgan fingerprint density at radius 3 is 2.20 bits per heavy atom. The van der Waals surface area contributed by atoms with Crippen LogP contribution >= 0.6 is 0 Å². The van der Waals surface area contributed by atoms with Gasteiger partial charge in [0.05, 0.1) is 5.69 Å². The highest BCUT2D eigenvalue weighted by molar-refractivity contribution is 7.89. The van der Waals surface area contributed by atoms with Crippen molar-refractivity contribution in [2.24, 2.45) is 0 Å². The van der Waals surface area contributed by atoms with Crippen molar-refractivity contribution in [3.63, 3.8) is 0 Å². The number of nitrogen functional groups attached to an aromatic ring is 1. The summed E-state index contributed by atoms with van der Waals surface area (Å²) in [5.41, 5.74) is 5.79. The van der Waals surface area contributed by atoms with E-state index in [4.69, 9.17) is 5.73 Å². The maximum absolute atomic E-state index is 13.3. The highest BCUT2D eigenvalue weighted by Gasteiger charge is 2.26. The molecule has 20 heavy (non-hydrogen) atoms. The molecule has 0 saturated carbocycles. The molecule has 6 heteroatoms. The molecule has 0 amide bonds. The number of anilines is 1. The van der Waals surface area contributed by atoms with E-state index in [-0.39, 0.29) is 10.6 Å². The molecule has 0 saturated heterocycles. The molecule has 0 fully saturated rings. The molecule has 0 radical (unpaired) electrons. The van der Waals surface area contributed by atoms with Gasteiger partial charge >= 0.3 is 0 Å². The third-order valence-electron chi connectivity index (χ3n) is 3.12. The maximum Gasteiger partial charge on any atom is 0.245 e. The summed E-state index contributed by atoms with van der Waals surface area (Å²) in [5, 5.41) is 0. The van der Waals surface area contributed by atoms with Gasteiger partial charge < -0.3 is 5.73 Å². The fraction of sp³-hybridized carbons (Fsp3) is 0.571. The largest absolute Gasteiger partial charge is 0.398 e. The van der Waals surface area contributed by atoms with E-state index in [0.717, 1.165) is 37.8 Å². The quantitative estimate of drug-likeness (QED) is 0.751. The summed E-state index contributed by atoms with van der Waals surface area (Å²) in [6, 6.07) is 3.45. The standard InChI is InChI=1S/C14H23FN2O2S/c1-3-5-9-17(10-6-4-2)20(18,19)14-11-12(15)7-8-13(14)16/h7-8,11H,3-6,9-10,16H2,1-2H3. The highest BCUT2D eigenvalue weighted by Crippen LogP contribution is 2.24. The zero-order valence-electron chi connectivity index (χ0n) is 12.1. The smallest absolute Gasteiger partial charge is 0.245 e. The molecule has 0 spiro atoms. The van der Waals surface area contributed by atoms with E-state index in [1.54, 1.807) is 0 Å². The maximum atomic E-state index is 13.3. The molecule has 1 rings (SSSR count). The van der Waals surface area contributed by atoms with Crippen LogP contribution in [0.4, 0.5) is 10.1 Å². The minimum atomic E-state index is -3.73. The first-order chi connectivity index (χ1) is 9.43. The highest BCUT2D eigenvalue weighted by atomic mass is 32.2. The minimum Gasteiger partial charge on any atom is -0.398 e. The van der Waals surface area contributed by atoms with Gasteiger partial charge in [0.2, 0.25) is 10.0 Å². The Morgan fingerprint density at radius 1 is 1.15 bits per heavy atom. The fourth-order valence-electron chi connectivity index (χ4n) is 1.89. The number of hydrogen-bond donors (Lipinski definition) is 1. The second kappa shape index (κ2) is 7.59. The number of sulfonamides is 1. The Balaban J connectivity index is 3.10. The van der Waals surface area contributed by atoms with E-state index in [1.165, 1.54) is 10.4 Å². The molecular formula is C14H23FN2O2S. The zero-order chi connectivity index (χ0) is 15.2. The molecule has 1 aromatic carbocycles. The van der Waals surface area contributed by atoms with Crippen LogP contribution in [0.5, 0.6) is 0 Å². The second-order valence-corrected chi connectivity index (χ2v) is 6.70. The van der Waals surface area contributed by atoms with Crippen LogP contribution in [-0.4, -0.2) is 25.8 Å². The van der Waals surface area contributed by atoms with Crippen molar-refractivity contribution in [3.8, 4) is 0 Å². The van der Waals surface area contributed by atoms with E-state index in [9.17, 15) is 12.8 Å². The van der Waals surface area contributed by atoms with Gasteiger partial charge in [0.15, 0.2) is 0 Å². The van der Waals surface area contributed by atoms with Crippen LogP contribution < -0.4 is 5.73 Å². The third kappa shape index (κ3) is 4.18. The molecule has 0 heterocycles. The summed E-state index contributed by atoms with van der Waals surface area (Å²) in [4.78, 5) is -0.135. The average molecular weight is 302 g/mol. The van der Waals surface area contributed by atoms with Gasteiger partial charge in [-0.05, 0) is 31.0 Å². The number of halogens is 1. The van der Waals surface area contributed by atoms with E-state index in [1.807, 2.05) is 13.8 Å². The summed E-state index contributed by atoms with van der Waals surface area (Å²) < 4.78 is 39.9. The van der Waals surface area contributed by atoms with Crippen LogP contribution in [0.25, 0.3) is 0 Å². The second-order valence-electron chi connectivity index (χ2n) is 4.79. The first-order valence-corrected chi connectivity index (χ1v) is 8.42. The minimum absolute atomic E-state index is 0.0874. The molecule has 2 N–H and O–H groups in total. The fourth-order valence-corrected chi connectivity index (χ4v) is 3.54. The van der Waals surface area contributed by atoms with Gasteiger partial charge in [-0.25, -0.2) is 12.8 Å². The first kappa shape index (κ1) is 16.9. The van der Waals surface area contributed by atoms with Crippen LogP contribution in [0.2, 0.25) is 0 Å². The normalized spacial score (nSPS) is 12.0. The molecule has 0 unspecified atom stereocenters. The molecule has 0 atom stereocenters. The van der Waals surface area contributed by atoms with Gasteiger partial charge in [0, 0.05) is 13.1 Å². The lowest BCUT2D eigenvalue weighted by atomic mass is 10.3. The molecule has 0 aliphatic carbocycles. The Labute approximate surface area is 120 Å². The van der Waals surface area contributed by atoms with Crippen molar-refractivity contribution in [1.29, 1.82) is 0 Å². The number of unbranched alkanes of at least 4 members (excludes halogenated alkanes) is 2. The topological polar surface area (TPSA) is 63.4 Å². The summed E-state index contributed by atoms with van der Waals surface area (Å²) in [6.07, 6.45) is 3.35. The van der Waals surface area contributed by atoms with Gasteiger partial charge in [-0.15, -0.1) is 0 Å². The number of hydrogen-bond acceptors (Lipinski definition) is 3. The molecular weight excluding hydrogens is 279 g/mol. The molecule has 114 valence electrons. The van der Waals surface area contributed by atoms with Crippen molar-refractivity contribution >= 4 is 15.7 Å². The monoisotopic (exact) mass is 302 g/mol. The Bertz CT molecular complexity index is 524. The Hall–Kier alpha value is -1.14. The molecule has 4 nitrogen and oxygen atoms in total. The van der Waals surface area contributed by atoms with Crippen LogP contribution in [0.3, 0.4) is 0 Å². The van der Waals surface area contributed by atoms with Crippen LogP contribution in [0.15, 0.2) is 23.1 Å². The summed E-state index contributed by atoms with van der Waals surface area (Å²) >= 11 is 0. The van der Waals surface area contributed by atoms with E-state index >= 15 is 0 Å². The van der Waals surface area contributed by atoms with E-state index in [2.05, 4.69) is 0 Å². The zero-order valence-corrected chi connectivity index (χ0v) is 12.9. The molecule has 0 aliphatic rings. The molecule has 0 bridgehead atoms. The van der Waals surface area contributed by atoms with Gasteiger partial charge in [-0.1, -0.05) is 26.7 Å². The number of nitrogens with two attached hydrogens (primary N) is 1. The SMILES string of the molecule is CCCCN(CCCC)S(=O)(=O)c1cc(F)ccc1N. The molecule has 0 aromatic heterocycles. The van der Waals surface area contributed by atoms with Crippen LogP contribution in [0.1, 0.15) is 39.5 Å². The number of benzene rings is 1. The predicted octanol–water partition coefficient (Wildman–Crippen LogP) is 3.00. The van der Waals surface area contributed by atoms with Crippen molar-refractivity contribution in [1.82, 2.24) is 4.31 Å². The van der Waals surface area contributed by atoms with Crippen molar-refractivity contribution < 1.29 is 12.8 Å². The lowest BCUT2D eigenvalue weighted by molar-refractivity contribution is 0.395. The summed E-state index contributed by atoms with van der Waals surface area (Å²) in [5.74, 6) is -0.594. The third-order valence-corrected chi connectivity index (χ3v) is 5.07. The predicted molar refractivity (Wildman–Crippen MR) is 79.4 cm³/mol. The van der Waals surface area contributed by atoms with Crippen molar-refractivity contribution in [3.05, 3.63) is 24.0 Å². The van der Waals surface area contributed by atoms with Gasteiger partial charge in [0.1, 0.15) is 10.7 Å². The Kier molecular flexibility index (Phi) is 6.42. The lowest BCUT2D eigenvalue weighted by Gasteiger charge is -2.22. The lowest BCUT2D eigenvalue weighted by Crippen LogP contribution is -2.33. The first-order valence-electron chi connectivity index (χ1n) is 6.98. The molecule has 1 aromatic rings. The average Bonchev–Trinajstić information content (AvgIpc) is 2.41. The summed E-state index contributed by atoms with van der Waals surface area (Å²) in [7, 11) is -3.73. The van der Waals surface area contributed by atoms with Crippen molar-refractivity contribution in [2.45, 2.75) is 44.4 Å². The van der Waals surface area contributed by atoms with Gasteiger partial charge in [-0.2, -0.15) is 4.31 Å². The number of rotatable bonds is 8. The van der Waals surface area contributed by atoms with Crippen LogP contribution in [0, 0.1) is 5.82 Å². The van der Waals surface area contributed by atoms with Gasteiger partial charge in [-0.3, -0.25) is 0 Å². The summed E-state index contributed by atoms with van der Waals surface area (Å²) in [6.45, 7) is 4.88. The van der Waals surface area contributed by atoms with Gasteiger partial charge in [0.25, 0.3) is 0 Å². The van der Waals surface area contributed by atoms with Crippen molar-refractivity contribution in [2.75, 3.05) is 18.8 Å². The van der Waals surface area contributed by atoms with E-state index in [0.29, 0.717) is 13.1 Å².